The van der Waals surface area contributed by atoms with Gasteiger partial charge in [-0.3, -0.25) is 14.5 Å². The van der Waals surface area contributed by atoms with Crippen molar-refractivity contribution in [2.45, 2.75) is 25.9 Å². The van der Waals surface area contributed by atoms with Crippen LogP contribution in [0.5, 0.6) is 5.75 Å². The minimum Gasteiger partial charge on any atom is -0.495 e. The number of aryl methyl sites for hydroxylation is 1. The van der Waals surface area contributed by atoms with Crippen molar-refractivity contribution in [2.75, 3.05) is 44.5 Å². The Morgan fingerprint density at radius 1 is 1.00 bits per heavy atom. The Kier molecular flexibility index (Phi) is 7.90. The third-order valence-corrected chi connectivity index (χ3v) is 6.66. The van der Waals surface area contributed by atoms with E-state index < -0.39 is 11.8 Å². The highest BCUT2D eigenvalue weighted by Crippen LogP contribution is 2.29. The molecular weight excluding hydrogens is 452 g/mol. The molecule has 3 aromatic carbocycles. The molecule has 7 nitrogen and oxygen atoms in total. The van der Waals surface area contributed by atoms with E-state index in [1.807, 2.05) is 27.1 Å². The zero-order valence-corrected chi connectivity index (χ0v) is 21.4. The number of nitrogens with zero attached hydrogens (tertiary/aromatic N) is 2. The van der Waals surface area contributed by atoms with Crippen LogP contribution in [0.3, 0.4) is 0 Å². The molecule has 0 saturated heterocycles. The molecule has 36 heavy (non-hydrogen) atoms. The van der Waals surface area contributed by atoms with Crippen LogP contribution in [-0.2, 0) is 22.6 Å². The van der Waals surface area contributed by atoms with Crippen LogP contribution in [0.15, 0.2) is 66.7 Å². The molecular formula is C29H34N4O3. The molecule has 2 amide bonds. The Hall–Kier alpha value is -3.84. The van der Waals surface area contributed by atoms with Crippen molar-refractivity contribution in [2.24, 2.45) is 0 Å². The first-order valence-electron chi connectivity index (χ1n) is 12.2. The summed E-state index contributed by atoms with van der Waals surface area (Å²) in [5, 5.41) is 5.55. The zero-order chi connectivity index (χ0) is 25.7. The van der Waals surface area contributed by atoms with E-state index >= 15 is 0 Å². The summed E-state index contributed by atoms with van der Waals surface area (Å²) in [6.45, 7) is 3.90. The number of ether oxygens (including phenoxy) is 1. The second-order valence-corrected chi connectivity index (χ2v) is 9.36. The fourth-order valence-corrected chi connectivity index (χ4v) is 4.60. The van der Waals surface area contributed by atoms with Gasteiger partial charge in [0.05, 0.1) is 18.8 Å². The second kappa shape index (κ2) is 11.3. The van der Waals surface area contributed by atoms with Crippen molar-refractivity contribution in [3.8, 4) is 5.75 Å². The van der Waals surface area contributed by atoms with Gasteiger partial charge >= 0.3 is 11.8 Å². The van der Waals surface area contributed by atoms with Gasteiger partial charge in [-0.1, -0.05) is 42.5 Å². The smallest absolute Gasteiger partial charge is 0.313 e. The average molecular weight is 487 g/mol. The van der Waals surface area contributed by atoms with Gasteiger partial charge in [-0.2, -0.15) is 0 Å². The number of carbonyl (C=O) groups excluding carboxylic acids is 2. The first-order valence-corrected chi connectivity index (χ1v) is 12.2. The third kappa shape index (κ3) is 5.86. The minimum atomic E-state index is -0.718. The van der Waals surface area contributed by atoms with Crippen LogP contribution < -0.4 is 20.3 Å². The van der Waals surface area contributed by atoms with Crippen LogP contribution in [0.1, 0.15) is 28.3 Å². The highest BCUT2D eigenvalue weighted by atomic mass is 16.5. The maximum Gasteiger partial charge on any atom is 0.313 e. The lowest BCUT2D eigenvalue weighted by Crippen LogP contribution is -2.43. The lowest BCUT2D eigenvalue weighted by atomic mass is 9.96. The molecule has 0 bridgehead atoms. The van der Waals surface area contributed by atoms with Gasteiger partial charge in [-0.05, 0) is 59.9 Å². The van der Waals surface area contributed by atoms with E-state index in [0.717, 1.165) is 36.3 Å². The number of fused-ring (bicyclic) bond motifs is 1. The van der Waals surface area contributed by atoms with Gasteiger partial charge in [-0.15, -0.1) is 0 Å². The molecule has 2 N–H and O–H groups in total. The van der Waals surface area contributed by atoms with Crippen molar-refractivity contribution >= 4 is 23.2 Å². The van der Waals surface area contributed by atoms with Gasteiger partial charge in [-0.25, -0.2) is 0 Å². The molecule has 0 spiro atoms. The number of hydrogen-bond donors (Lipinski definition) is 2. The fraction of sp³-hybridized carbons (Fsp3) is 0.310. The zero-order valence-electron chi connectivity index (χ0n) is 21.4. The van der Waals surface area contributed by atoms with Crippen molar-refractivity contribution in [3.63, 3.8) is 0 Å². The largest absolute Gasteiger partial charge is 0.495 e. The van der Waals surface area contributed by atoms with Crippen molar-refractivity contribution in [3.05, 3.63) is 89.0 Å². The van der Waals surface area contributed by atoms with Gasteiger partial charge < -0.3 is 20.3 Å². The van der Waals surface area contributed by atoms with Crippen molar-refractivity contribution < 1.29 is 14.3 Å². The van der Waals surface area contributed by atoms with Crippen LogP contribution in [-0.4, -0.2) is 51.0 Å². The molecule has 1 aliphatic rings. The first kappa shape index (κ1) is 25.3. The number of hydrogen-bond acceptors (Lipinski definition) is 5. The summed E-state index contributed by atoms with van der Waals surface area (Å²) in [6.07, 6.45) is 0.948. The first-order chi connectivity index (χ1) is 17.4. The van der Waals surface area contributed by atoms with Crippen molar-refractivity contribution in [1.29, 1.82) is 0 Å². The fourth-order valence-electron chi connectivity index (χ4n) is 4.60. The van der Waals surface area contributed by atoms with E-state index in [9.17, 15) is 9.59 Å². The molecule has 0 fully saturated rings. The monoisotopic (exact) mass is 486 g/mol. The minimum absolute atomic E-state index is 0.0696. The molecule has 7 heteroatoms. The van der Waals surface area contributed by atoms with Crippen LogP contribution in [0.25, 0.3) is 0 Å². The summed E-state index contributed by atoms with van der Waals surface area (Å²) >= 11 is 0. The second-order valence-electron chi connectivity index (χ2n) is 9.36. The summed E-state index contributed by atoms with van der Waals surface area (Å²) in [6, 6.07) is 22.2. The normalized spacial score (nSPS) is 13.9. The Morgan fingerprint density at radius 2 is 1.72 bits per heavy atom. The van der Waals surface area contributed by atoms with Crippen LogP contribution in [0.4, 0.5) is 11.4 Å². The van der Waals surface area contributed by atoms with Crippen LogP contribution in [0.2, 0.25) is 0 Å². The number of amides is 2. The molecule has 0 radical (unpaired) electrons. The van der Waals surface area contributed by atoms with E-state index in [0.29, 0.717) is 18.0 Å². The van der Waals surface area contributed by atoms with Crippen molar-refractivity contribution in [1.82, 2.24) is 10.2 Å². The maximum atomic E-state index is 12.8. The predicted octanol–water partition coefficient (Wildman–Crippen LogP) is 3.92. The van der Waals surface area contributed by atoms with E-state index in [4.69, 9.17) is 4.74 Å². The van der Waals surface area contributed by atoms with Gasteiger partial charge in [0.25, 0.3) is 0 Å². The maximum absolute atomic E-state index is 12.8. The Labute approximate surface area is 213 Å². The summed E-state index contributed by atoms with van der Waals surface area (Å²) < 4.78 is 5.31. The van der Waals surface area contributed by atoms with Crippen LogP contribution in [0, 0.1) is 6.92 Å². The predicted molar refractivity (Wildman–Crippen MR) is 143 cm³/mol. The molecule has 0 aromatic heterocycles. The molecule has 0 aliphatic carbocycles. The Balaban J connectivity index is 1.50. The lowest BCUT2D eigenvalue weighted by molar-refractivity contribution is -0.136. The standard InChI is InChI=1S/C29H34N4O3/c1-20-9-14-27(36-4)25(17-20)31-29(35)28(34)30-18-26(22-10-12-24(13-11-22)32(2)3)33-16-15-21-7-5-6-8-23(21)19-33/h5-14,17,26H,15-16,18-19H2,1-4H3,(H,30,34)(H,31,35). The quantitative estimate of drug-likeness (QED) is 0.495. The van der Waals surface area contributed by atoms with E-state index in [1.165, 1.54) is 18.2 Å². The molecule has 4 rings (SSSR count). The summed E-state index contributed by atoms with van der Waals surface area (Å²) in [7, 11) is 5.55. The van der Waals surface area contributed by atoms with Crippen LogP contribution >= 0.6 is 0 Å². The Bertz CT molecular complexity index is 1220. The molecule has 1 aliphatic heterocycles. The van der Waals surface area contributed by atoms with E-state index in [1.54, 1.807) is 12.1 Å². The number of benzene rings is 3. The highest BCUT2D eigenvalue weighted by molar-refractivity contribution is 6.39. The molecule has 3 aromatic rings. The summed E-state index contributed by atoms with van der Waals surface area (Å²) in [4.78, 5) is 29.9. The molecule has 1 atom stereocenters. The topological polar surface area (TPSA) is 73.9 Å². The molecule has 188 valence electrons. The number of rotatable bonds is 7. The van der Waals surface area contributed by atoms with Gasteiger partial charge in [0.1, 0.15) is 5.75 Å². The molecule has 1 heterocycles. The molecule has 1 unspecified atom stereocenters. The molecule has 0 saturated carbocycles. The number of nitrogens with one attached hydrogen (secondary N) is 2. The van der Waals surface area contributed by atoms with E-state index in [2.05, 4.69) is 69.0 Å². The number of anilines is 2. The SMILES string of the molecule is COc1ccc(C)cc1NC(=O)C(=O)NCC(c1ccc(N(C)C)cc1)N1CCc2ccccc2C1. The summed E-state index contributed by atoms with van der Waals surface area (Å²) in [5.41, 5.74) is 6.30. The van der Waals surface area contributed by atoms with Gasteiger partial charge in [0.2, 0.25) is 0 Å². The number of methoxy groups -OCH3 is 1. The Morgan fingerprint density at radius 3 is 2.42 bits per heavy atom. The highest BCUT2D eigenvalue weighted by Gasteiger charge is 2.26. The summed E-state index contributed by atoms with van der Waals surface area (Å²) in [5.74, 6) is -0.886. The van der Waals surface area contributed by atoms with Gasteiger partial charge in [0, 0.05) is 39.4 Å². The third-order valence-electron chi connectivity index (χ3n) is 6.66. The van der Waals surface area contributed by atoms with E-state index in [-0.39, 0.29) is 6.04 Å². The number of carbonyl (C=O) groups is 2. The van der Waals surface area contributed by atoms with Gasteiger partial charge in [0.15, 0.2) is 0 Å². The average Bonchev–Trinajstić information content (AvgIpc) is 2.89. The lowest BCUT2D eigenvalue weighted by Gasteiger charge is -2.36.